The van der Waals surface area contributed by atoms with E-state index in [1.807, 2.05) is 36.6 Å². The Labute approximate surface area is 297 Å². The molecule has 5 N–H and O–H groups in total. The van der Waals surface area contributed by atoms with Gasteiger partial charge in [0.05, 0.1) is 0 Å². The Morgan fingerprint density at radius 1 is 0.633 bits per heavy atom. The molecule has 0 heterocycles. The number of benzene rings is 2. The molecule has 0 aromatic heterocycles. The van der Waals surface area contributed by atoms with Crippen LogP contribution in [0.1, 0.15) is 114 Å². The molecule has 0 saturated heterocycles. The van der Waals surface area contributed by atoms with E-state index < -0.39 is 35.9 Å². The van der Waals surface area contributed by atoms with Crippen molar-refractivity contribution < 1.29 is 29.4 Å². The summed E-state index contributed by atoms with van der Waals surface area (Å²) >= 11 is 1.48. The first kappa shape index (κ1) is 41.6. The van der Waals surface area contributed by atoms with E-state index in [4.69, 9.17) is 0 Å². The average Bonchev–Trinajstić information content (AvgIpc) is 3.09. The van der Waals surface area contributed by atoms with Gasteiger partial charge in [-0.05, 0) is 48.1 Å². The number of hydrogen-bond acceptors (Lipinski definition) is 6. The first-order valence-electron chi connectivity index (χ1n) is 18.2. The summed E-state index contributed by atoms with van der Waals surface area (Å²) in [4.78, 5) is 52.1. The lowest BCUT2D eigenvalue weighted by Crippen LogP contribution is -2.57. The van der Waals surface area contributed by atoms with E-state index in [0.717, 1.165) is 36.8 Å². The number of carbonyl (C=O) groups is 4. The number of nitrogens with one attached hydrogen (secondary N) is 3. The Morgan fingerprint density at radius 2 is 1.10 bits per heavy atom. The van der Waals surface area contributed by atoms with Crippen LogP contribution >= 0.6 is 11.8 Å². The van der Waals surface area contributed by atoms with Crippen molar-refractivity contribution in [3.05, 3.63) is 65.7 Å². The summed E-state index contributed by atoms with van der Waals surface area (Å²) in [6, 6.07) is 12.5. The van der Waals surface area contributed by atoms with Gasteiger partial charge >= 0.3 is 5.97 Å². The smallest absolute Gasteiger partial charge is 0.326 e. The van der Waals surface area contributed by atoms with E-state index in [0.29, 0.717) is 12.2 Å². The van der Waals surface area contributed by atoms with Crippen LogP contribution in [0.3, 0.4) is 0 Å². The molecular weight excluding hydrogens is 639 g/mol. The Hall–Kier alpha value is -3.53. The van der Waals surface area contributed by atoms with Crippen molar-refractivity contribution in [3.8, 4) is 5.75 Å². The summed E-state index contributed by atoms with van der Waals surface area (Å²) in [6.45, 7) is 2.24. The minimum absolute atomic E-state index is 0.0882. The van der Waals surface area contributed by atoms with Gasteiger partial charge in [0.1, 0.15) is 23.9 Å². The Kier molecular flexibility index (Phi) is 21.6. The van der Waals surface area contributed by atoms with Gasteiger partial charge in [0.25, 0.3) is 0 Å². The lowest BCUT2D eigenvalue weighted by molar-refractivity contribution is -0.142. The number of unbranched alkanes of at least 4 members (excludes halogenated alkanes) is 12. The number of carbonyl (C=O) groups excluding carboxylic acids is 3. The van der Waals surface area contributed by atoms with Crippen LogP contribution in [0.15, 0.2) is 54.6 Å². The highest BCUT2D eigenvalue weighted by Gasteiger charge is 2.30. The van der Waals surface area contributed by atoms with Crippen molar-refractivity contribution in [2.45, 2.75) is 134 Å². The molecule has 0 saturated carbocycles. The van der Waals surface area contributed by atoms with E-state index in [1.54, 1.807) is 12.1 Å². The maximum atomic E-state index is 13.8. The van der Waals surface area contributed by atoms with E-state index in [-0.39, 0.29) is 30.9 Å². The monoisotopic (exact) mass is 697 g/mol. The number of rotatable bonds is 27. The van der Waals surface area contributed by atoms with Crippen LogP contribution in [-0.2, 0) is 32.0 Å². The molecule has 0 spiro atoms. The first-order chi connectivity index (χ1) is 23.7. The average molecular weight is 698 g/mol. The molecule has 9 nitrogen and oxygen atoms in total. The summed E-state index contributed by atoms with van der Waals surface area (Å²) < 4.78 is 0. The van der Waals surface area contributed by atoms with Crippen LogP contribution in [0.4, 0.5) is 0 Å². The van der Waals surface area contributed by atoms with Crippen molar-refractivity contribution in [2.75, 3.05) is 12.0 Å². The van der Waals surface area contributed by atoms with Crippen molar-refractivity contribution in [1.82, 2.24) is 16.0 Å². The van der Waals surface area contributed by atoms with E-state index in [2.05, 4.69) is 22.9 Å². The second-order valence-corrected chi connectivity index (χ2v) is 13.9. The number of hydrogen-bond donors (Lipinski definition) is 5. The summed E-state index contributed by atoms with van der Waals surface area (Å²) in [5, 5.41) is 27.7. The predicted octanol–water partition coefficient (Wildman–Crippen LogP) is 6.95. The van der Waals surface area contributed by atoms with E-state index >= 15 is 0 Å². The third-order valence-corrected chi connectivity index (χ3v) is 9.32. The fourth-order valence-corrected chi connectivity index (χ4v) is 6.22. The maximum absolute atomic E-state index is 13.8. The molecule has 272 valence electrons. The van der Waals surface area contributed by atoms with Crippen LogP contribution in [0.25, 0.3) is 0 Å². The van der Waals surface area contributed by atoms with Gasteiger partial charge < -0.3 is 26.2 Å². The topological polar surface area (TPSA) is 145 Å². The van der Waals surface area contributed by atoms with Gasteiger partial charge in [-0.1, -0.05) is 126 Å². The maximum Gasteiger partial charge on any atom is 0.326 e. The Bertz CT molecular complexity index is 1230. The predicted molar refractivity (Wildman–Crippen MR) is 199 cm³/mol. The number of carboxylic acid groups (broad SMARTS) is 1. The zero-order valence-corrected chi connectivity index (χ0v) is 30.4. The van der Waals surface area contributed by atoms with Gasteiger partial charge in [-0.25, -0.2) is 4.79 Å². The van der Waals surface area contributed by atoms with Gasteiger partial charge in [-0.2, -0.15) is 11.8 Å². The second kappa shape index (κ2) is 25.4. The molecule has 3 atom stereocenters. The molecule has 0 radical (unpaired) electrons. The normalized spacial score (nSPS) is 12.9. The fourth-order valence-electron chi connectivity index (χ4n) is 5.74. The third-order valence-electron chi connectivity index (χ3n) is 8.68. The minimum atomic E-state index is -1.14. The minimum Gasteiger partial charge on any atom is -0.508 e. The highest BCUT2D eigenvalue weighted by molar-refractivity contribution is 7.98. The van der Waals surface area contributed by atoms with Crippen LogP contribution < -0.4 is 16.0 Å². The van der Waals surface area contributed by atoms with Crippen molar-refractivity contribution >= 4 is 35.5 Å². The van der Waals surface area contributed by atoms with Gasteiger partial charge in [0, 0.05) is 19.3 Å². The van der Waals surface area contributed by atoms with Gasteiger partial charge in [-0.15, -0.1) is 0 Å². The zero-order valence-electron chi connectivity index (χ0n) is 29.6. The van der Waals surface area contributed by atoms with E-state index in [1.165, 1.54) is 81.7 Å². The van der Waals surface area contributed by atoms with Gasteiger partial charge in [0.15, 0.2) is 0 Å². The number of amides is 3. The number of aromatic hydroxyl groups is 1. The summed E-state index contributed by atoms with van der Waals surface area (Å²) in [5.74, 6) is -1.89. The lowest BCUT2D eigenvalue weighted by Gasteiger charge is -2.25. The second-order valence-electron chi connectivity index (χ2n) is 12.9. The third kappa shape index (κ3) is 18.7. The molecule has 0 unspecified atom stereocenters. The van der Waals surface area contributed by atoms with Crippen molar-refractivity contribution in [2.24, 2.45) is 0 Å². The highest BCUT2D eigenvalue weighted by Crippen LogP contribution is 2.15. The number of thioether (sulfide) groups is 1. The standard InChI is InChI=1S/C39H59N3O6S/c1-3-4-5-6-7-8-9-10-11-12-13-14-18-21-36(44)40-34(29-31-22-24-32(43)25-23-31)37(45)42-35(28-30-19-16-15-17-20-30)38(46)41-33(39(47)48)26-27-49-2/h15-17,19-20,22-25,33-35,43H,3-14,18,21,26-29H2,1-2H3,(H,40,44)(H,41,46)(H,42,45)(H,47,48)/t33-,34-,35-/m0/s1. The largest absolute Gasteiger partial charge is 0.508 e. The number of aliphatic carboxylic acids is 1. The molecule has 10 heteroatoms. The van der Waals surface area contributed by atoms with Crippen LogP contribution in [-0.4, -0.2) is 64.0 Å². The van der Waals surface area contributed by atoms with Crippen LogP contribution in [0, 0.1) is 0 Å². The molecular formula is C39H59N3O6S. The molecule has 0 fully saturated rings. The molecule has 0 aliphatic carbocycles. The molecule has 0 aliphatic heterocycles. The number of carboxylic acids is 1. The van der Waals surface area contributed by atoms with Gasteiger partial charge in [0.2, 0.25) is 17.7 Å². The molecule has 2 aromatic rings. The molecule has 49 heavy (non-hydrogen) atoms. The molecule has 0 bridgehead atoms. The molecule has 3 amide bonds. The van der Waals surface area contributed by atoms with Crippen molar-refractivity contribution in [1.29, 1.82) is 0 Å². The lowest BCUT2D eigenvalue weighted by atomic mass is 10.0. The molecule has 2 rings (SSSR count). The molecule has 2 aromatic carbocycles. The SMILES string of the molecule is CCCCCCCCCCCCCCCC(=O)N[C@@H](Cc1ccc(O)cc1)C(=O)N[C@@H](Cc1ccccc1)C(=O)N[C@@H](CCSC)C(=O)O. The Balaban J connectivity index is 1.98. The highest BCUT2D eigenvalue weighted by atomic mass is 32.2. The van der Waals surface area contributed by atoms with Crippen molar-refractivity contribution in [3.63, 3.8) is 0 Å². The number of phenolic OH excluding ortho intramolecular Hbond substituents is 1. The zero-order chi connectivity index (χ0) is 35.7. The summed E-state index contributed by atoms with van der Waals surface area (Å²) in [7, 11) is 0. The summed E-state index contributed by atoms with van der Waals surface area (Å²) in [5.41, 5.74) is 1.52. The van der Waals surface area contributed by atoms with E-state index in [9.17, 15) is 29.4 Å². The van der Waals surface area contributed by atoms with Crippen LogP contribution in [0.5, 0.6) is 5.75 Å². The Morgan fingerprint density at radius 3 is 1.61 bits per heavy atom. The first-order valence-corrected chi connectivity index (χ1v) is 19.6. The molecule has 0 aliphatic rings. The number of phenols is 1. The van der Waals surface area contributed by atoms with Gasteiger partial charge in [-0.3, -0.25) is 14.4 Å². The van der Waals surface area contributed by atoms with Crippen LogP contribution in [0.2, 0.25) is 0 Å². The quantitative estimate of drug-likeness (QED) is 0.0636. The fraction of sp³-hybridized carbons (Fsp3) is 0.590. The summed E-state index contributed by atoms with van der Waals surface area (Å²) in [6.07, 6.45) is 18.4.